The Kier molecular flexibility index (Phi) is 6.92. The Hall–Kier alpha value is -3.29. The van der Waals surface area contributed by atoms with Crippen molar-refractivity contribution in [1.82, 2.24) is 0 Å². The molecule has 0 aliphatic carbocycles. The van der Waals surface area contributed by atoms with Crippen molar-refractivity contribution in [2.45, 2.75) is 19.9 Å². The van der Waals surface area contributed by atoms with Gasteiger partial charge in [-0.25, -0.2) is 0 Å². The number of methoxy groups -OCH3 is 2. The van der Waals surface area contributed by atoms with Gasteiger partial charge in [0.2, 0.25) is 0 Å². The molecule has 180 valence electrons. The first-order valence-corrected chi connectivity index (χ1v) is 11.9. The topological polar surface area (TPSA) is 76.1 Å². The summed E-state index contributed by atoms with van der Waals surface area (Å²) in [5.74, 6) is -0.887. The Labute approximate surface area is 216 Å². The predicted molar refractivity (Wildman–Crippen MR) is 139 cm³/mol. The summed E-state index contributed by atoms with van der Waals surface area (Å²) in [5.41, 5.74) is 3.07. The maximum atomic E-state index is 13.4. The van der Waals surface area contributed by atoms with Crippen LogP contribution in [0.5, 0.6) is 11.5 Å². The van der Waals surface area contributed by atoms with E-state index in [0.717, 1.165) is 15.6 Å². The summed E-state index contributed by atoms with van der Waals surface area (Å²) in [5, 5.41) is 11.8. The number of aryl methyl sites for hydroxylation is 2. The Morgan fingerprint density at radius 2 is 1.66 bits per heavy atom. The van der Waals surface area contributed by atoms with Crippen LogP contribution in [0.3, 0.4) is 0 Å². The van der Waals surface area contributed by atoms with E-state index in [1.807, 2.05) is 13.8 Å². The third kappa shape index (κ3) is 4.42. The minimum atomic E-state index is -0.920. The molecule has 1 aliphatic rings. The fourth-order valence-corrected chi connectivity index (χ4v) is 4.62. The smallest absolute Gasteiger partial charge is 0.300 e. The minimum Gasteiger partial charge on any atom is -0.507 e. The van der Waals surface area contributed by atoms with Crippen molar-refractivity contribution in [2.75, 3.05) is 19.1 Å². The largest absolute Gasteiger partial charge is 0.507 e. The number of aliphatic hydroxyl groups is 1. The third-order valence-corrected chi connectivity index (χ3v) is 7.15. The van der Waals surface area contributed by atoms with Crippen molar-refractivity contribution < 1.29 is 24.2 Å². The van der Waals surface area contributed by atoms with Gasteiger partial charge in [0.25, 0.3) is 11.7 Å². The van der Waals surface area contributed by atoms with E-state index in [1.165, 1.54) is 19.1 Å². The number of carbonyl (C=O) groups is 2. The quantitative estimate of drug-likeness (QED) is 0.225. The molecule has 6 nitrogen and oxygen atoms in total. The lowest BCUT2D eigenvalue weighted by molar-refractivity contribution is -0.132. The van der Waals surface area contributed by atoms with Gasteiger partial charge in [0.15, 0.2) is 11.5 Å². The van der Waals surface area contributed by atoms with Crippen LogP contribution in [0.1, 0.15) is 28.3 Å². The number of nitrogens with zero attached hydrogens (tertiary/aromatic N) is 1. The van der Waals surface area contributed by atoms with Crippen LogP contribution in [0.2, 0.25) is 5.02 Å². The van der Waals surface area contributed by atoms with Crippen molar-refractivity contribution in [1.29, 1.82) is 0 Å². The van der Waals surface area contributed by atoms with Crippen LogP contribution in [-0.4, -0.2) is 31.0 Å². The summed E-state index contributed by atoms with van der Waals surface area (Å²) in [6.45, 7) is 3.70. The van der Waals surface area contributed by atoms with Crippen LogP contribution in [0.15, 0.2) is 64.6 Å². The number of rotatable bonds is 5. The van der Waals surface area contributed by atoms with Gasteiger partial charge in [-0.2, -0.15) is 0 Å². The van der Waals surface area contributed by atoms with E-state index in [0.29, 0.717) is 33.3 Å². The highest BCUT2D eigenvalue weighted by Gasteiger charge is 2.47. The molecule has 1 fully saturated rings. The molecule has 1 heterocycles. The van der Waals surface area contributed by atoms with Crippen LogP contribution in [-0.2, 0) is 9.59 Å². The maximum absolute atomic E-state index is 13.4. The zero-order valence-electron chi connectivity index (χ0n) is 19.6. The summed E-state index contributed by atoms with van der Waals surface area (Å²) >= 11 is 9.71. The van der Waals surface area contributed by atoms with E-state index in [4.69, 9.17) is 21.1 Å². The molecule has 1 unspecified atom stereocenters. The van der Waals surface area contributed by atoms with Crippen molar-refractivity contribution in [3.05, 3.63) is 91.9 Å². The average Bonchev–Trinajstić information content (AvgIpc) is 3.11. The van der Waals surface area contributed by atoms with E-state index in [2.05, 4.69) is 15.9 Å². The summed E-state index contributed by atoms with van der Waals surface area (Å²) in [6.07, 6.45) is 0. The van der Waals surface area contributed by atoms with Gasteiger partial charge in [-0.15, -0.1) is 0 Å². The number of hydrogen-bond acceptors (Lipinski definition) is 5. The number of aliphatic hydroxyl groups excluding tert-OH is 1. The van der Waals surface area contributed by atoms with Gasteiger partial charge in [-0.1, -0.05) is 45.7 Å². The molecule has 1 amide bonds. The SMILES string of the molecule is COc1ccc(C2/C(=C(\O)c3ccc(Br)c(C)c3)C(=O)C(=O)N2c2cc(Cl)ccc2C)cc1OC. The van der Waals surface area contributed by atoms with Crippen molar-refractivity contribution in [2.24, 2.45) is 0 Å². The van der Waals surface area contributed by atoms with Crippen LogP contribution in [0.25, 0.3) is 5.76 Å². The van der Waals surface area contributed by atoms with Crippen molar-refractivity contribution in [3.63, 3.8) is 0 Å². The standard InChI is InChI=1S/C27H23BrClNO5/c1-14-5-8-18(29)13-20(14)30-24(16-7-10-21(34-3)22(12-16)35-4)23(26(32)27(30)33)25(31)17-6-9-19(28)15(2)11-17/h5-13,24,31H,1-4H3/b25-23+. The van der Waals surface area contributed by atoms with Gasteiger partial charge in [-0.3, -0.25) is 14.5 Å². The van der Waals surface area contributed by atoms with E-state index in [1.54, 1.807) is 54.6 Å². The number of anilines is 1. The molecule has 3 aromatic rings. The second kappa shape index (κ2) is 9.76. The second-order valence-corrected chi connectivity index (χ2v) is 9.47. The fourth-order valence-electron chi connectivity index (χ4n) is 4.21. The van der Waals surface area contributed by atoms with E-state index >= 15 is 0 Å². The third-order valence-electron chi connectivity index (χ3n) is 6.03. The number of amides is 1. The summed E-state index contributed by atoms with van der Waals surface area (Å²) in [6, 6.07) is 14.6. The molecular formula is C27H23BrClNO5. The Bertz CT molecular complexity index is 1380. The molecule has 0 bridgehead atoms. The van der Waals surface area contributed by atoms with Crippen LogP contribution >= 0.6 is 27.5 Å². The normalized spacial score (nSPS) is 17.1. The molecule has 3 aromatic carbocycles. The predicted octanol–water partition coefficient (Wildman–Crippen LogP) is 6.36. The first-order valence-electron chi connectivity index (χ1n) is 10.7. The lowest BCUT2D eigenvalue weighted by Crippen LogP contribution is -2.30. The van der Waals surface area contributed by atoms with Crippen molar-refractivity contribution >= 4 is 50.7 Å². The molecule has 1 saturated heterocycles. The first-order chi connectivity index (χ1) is 16.7. The molecule has 4 rings (SSSR count). The number of ketones is 1. The summed E-state index contributed by atoms with van der Waals surface area (Å²) in [4.78, 5) is 28.2. The van der Waals surface area contributed by atoms with Gasteiger partial charge in [0, 0.05) is 20.7 Å². The highest BCUT2D eigenvalue weighted by Crippen LogP contribution is 2.45. The first kappa shape index (κ1) is 24.8. The van der Waals surface area contributed by atoms with Crippen LogP contribution in [0.4, 0.5) is 5.69 Å². The number of ether oxygens (including phenoxy) is 2. The lowest BCUT2D eigenvalue weighted by Gasteiger charge is -2.27. The minimum absolute atomic E-state index is 0.0247. The number of halogens is 2. The zero-order valence-corrected chi connectivity index (χ0v) is 21.9. The molecule has 0 saturated carbocycles. The van der Waals surface area contributed by atoms with Gasteiger partial charge in [0.1, 0.15) is 5.76 Å². The van der Waals surface area contributed by atoms with Gasteiger partial charge >= 0.3 is 0 Å². The Morgan fingerprint density at radius 3 is 2.31 bits per heavy atom. The van der Waals surface area contributed by atoms with Gasteiger partial charge < -0.3 is 14.6 Å². The molecule has 35 heavy (non-hydrogen) atoms. The molecule has 1 atom stereocenters. The monoisotopic (exact) mass is 555 g/mol. The van der Waals surface area contributed by atoms with E-state index in [9.17, 15) is 14.7 Å². The number of benzene rings is 3. The molecule has 0 aromatic heterocycles. The summed E-state index contributed by atoms with van der Waals surface area (Å²) in [7, 11) is 3.03. The Morgan fingerprint density at radius 1 is 0.943 bits per heavy atom. The molecule has 0 radical (unpaired) electrons. The number of Topliss-reactive ketones (excluding diaryl/α,β-unsaturated/α-hetero) is 1. The second-order valence-electron chi connectivity index (χ2n) is 8.18. The van der Waals surface area contributed by atoms with Crippen LogP contribution < -0.4 is 14.4 Å². The van der Waals surface area contributed by atoms with E-state index in [-0.39, 0.29) is 11.3 Å². The van der Waals surface area contributed by atoms with Crippen LogP contribution in [0, 0.1) is 13.8 Å². The molecule has 8 heteroatoms. The lowest BCUT2D eigenvalue weighted by atomic mass is 9.94. The fraction of sp³-hybridized carbons (Fsp3) is 0.185. The molecule has 0 spiro atoms. The van der Waals surface area contributed by atoms with Gasteiger partial charge in [-0.05, 0) is 66.9 Å². The maximum Gasteiger partial charge on any atom is 0.300 e. The average molecular weight is 557 g/mol. The van der Waals surface area contributed by atoms with Gasteiger partial charge in [0.05, 0.1) is 25.8 Å². The molecular weight excluding hydrogens is 534 g/mol. The van der Waals surface area contributed by atoms with Crippen molar-refractivity contribution in [3.8, 4) is 11.5 Å². The van der Waals surface area contributed by atoms with E-state index < -0.39 is 17.7 Å². The number of hydrogen-bond donors (Lipinski definition) is 1. The summed E-state index contributed by atoms with van der Waals surface area (Å²) < 4.78 is 11.7. The highest BCUT2D eigenvalue weighted by atomic mass is 79.9. The highest BCUT2D eigenvalue weighted by molar-refractivity contribution is 9.10. The zero-order chi connectivity index (χ0) is 25.4. The Balaban J connectivity index is 2.01. The molecule has 1 aliphatic heterocycles. The molecule has 1 N–H and O–H groups in total. The number of carbonyl (C=O) groups excluding carboxylic acids is 2.